The Morgan fingerprint density at radius 1 is 1.19 bits per heavy atom. The van der Waals surface area contributed by atoms with Gasteiger partial charge in [0, 0.05) is 25.1 Å². The van der Waals surface area contributed by atoms with Crippen LogP contribution in [0.25, 0.3) is 0 Å². The summed E-state index contributed by atoms with van der Waals surface area (Å²) in [5.74, 6) is 1.37. The molecule has 4 nitrogen and oxygen atoms in total. The third-order valence-corrected chi connectivity index (χ3v) is 2.95. The molecular formula is C16H20FN3O. The Bertz CT molecular complexity index is 567. The van der Waals surface area contributed by atoms with Crippen LogP contribution in [-0.4, -0.2) is 19.0 Å². The number of furan rings is 1. The second-order valence-electron chi connectivity index (χ2n) is 4.54. The first-order valence-corrected chi connectivity index (χ1v) is 7.07. The minimum atomic E-state index is -0.229. The number of aliphatic imine (C=N–C) groups is 1. The van der Waals surface area contributed by atoms with Crippen molar-refractivity contribution < 1.29 is 8.81 Å². The van der Waals surface area contributed by atoms with Crippen molar-refractivity contribution in [2.24, 2.45) is 4.99 Å². The maximum absolute atomic E-state index is 13.5. The van der Waals surface area contributed by atoms with Crippen LogP contribution in [-0.2, 0) is 13.0 Å². The third kappa shape index (κ3) is 4.95. The van der Waals surface area contributed by atoms with E-state index < -0.39 is 0 Å². The fraction of sp³-hybridized carbons (Fsp3) is 0.312. The van der Waals surface area contributed by atoms with Crippen LogP contribution < -0.4 is 10.6 Å². The van der Waals surface area contributed by atoms with E-state index in [9.17, 15) is 4.39 Å². The van der Waals surface area contributed by atoms with Gasteiger partial charge in [-0.15, -0.1) is 0 Å². The lowest BCUT2D eigenvalue weighted by Crippen LogP contribution is -2.38. The standard InChI is InChI=1S/C16H20FN3O/c1-2-18-16(19-10-9-14-7-5-11-21-14)20-12-13-6-3-4-8-15(13)17/h3-8,11H,2,9-10,12H2,1H3,(H2,18,19,20). The number of hydrogen-bond acceptors (Lipinski definition) is 2. The van der Waals surface area contributed by atoms with Gasteiger partial charge in [-0.05, 0) is 25.1 Å². The summed E-state index contributed by atoms with van der Waals surface area (Å²) >= 11 is 0. The van der Waals surface area contributed by atoms with Crippen LogP contribution in [0.5, 0.6) is 0 Å². The van der Waals surface area contributed by atoms with E-state index in [0.29, 0.717) is 24.6 Å². The fourth-order valence-electron chi connectivity index (χ4n) is 1.89. The number of nitrogens with zero attached hydrogens (tertiary/aromatic N) is 1. The molecule has 1 aromatic heterocycles. The van der Waals surface area contributed by atoms with Crippen molar-refractivity contribution in [1.29, 1.82) is 0 Å². The molecule has 2 rings (SSSR count). The molecule has 2 N–H and O–H groups in total. The van der Waals surface area contributed by atoms with Gasteiger partial charge in [0.15, 0.2) is 5.96 Å². The molecule has 112 valence electrons. The van der Waals surface area contributed by atoms with Gasteiger partial charge in [-0.3, -0.25) is 0 Å². The lowest BCUT2D eigenvalue weighted by Gasteiger charge is -2.10. The number of rotatable bonds is 6. The molecule has 0 amide bonds. The lowest BCUT2D eigenvalue weighted by molar-refractivity contribution is 0.507. The van der Waals surface area contributed by atoms with Crippen molar-refractivity contribution in [2.75, 3.05) is 13.1 Å². The smallest absolute Gasteiger partial charge is 0.191 e. The summed E-state index contributed by atoms with van der Waals surface area (Å²) in [7, 11) is 0. The van der Waals surface area contributed by atoms with Gasteiger partial charge >= 0.3 is 0 Å². The molecule has 0 saturated carbocycles. The minimum absolute atomic E-state index is 0.229. The predicted octanol–water partition coefficient (Wildman–Crippen LogP) is 2.72. The topological polar surface area (TPSA) is 49.6 Å². The first-order chi connectivity index (χ1) is 10.3. The first-order valence-electron chi connectivity index (χ1n) is 7.07. The molecule has 1 heterocycles. The monoisotopic (exact) mass is 289 g/mol. The van der Waals surface area contributed by atoms with Crippen molar-refractivity contribution in [3.63, 3.8) is 0 Å². The fourth-order valence-corrected chi connectivity index (χ4v) is 1.89. The molecule has 0 unspecified atom stereocenters. The van der Waals surface area contributed by atoms with Crippen molar-refractivity contribution in [3.8, 4) is 0 Å². The second kappa shape index (κ2) is 8.09. The van der Waals surface area contributed by atoms with Crippen LogP contribution in [0.15, 0.2) is 52.1 Å². The summed E-state index contributed by atoms with van der Waals surface area (Å²) in [6.07, 6.45) is 2.43. The molecule has 0 aliphatic heterocycles. The highest BCUT2D eigenvalue weighted by atomic mass is 19.1. The third-order valence-electron chi connectivity index (χ3n) is 2.95. The minimum Gasteiger partial charge on any atom is -0.469 e. The van der Waals surface area contributed by atoms with Crippen LogP contribution >= 0.6 is 0 Å². The molecule has 0 atom stereocenters. The molecule has 0 radical (unpaired) electrons. The average Bonchev–Trinajstić information content (AvgIpc) is 2.99. The highest BCUT2D eigenvalue weighted by Crippen LogP contribution is 2.07. The SMILES string of the molecule is CCNC(=NCc1ccccc1F)NCCc1ccco1. The van der Waals surface area contributed by atoms with Gasteiger partial charge in [-0.1, -0.05) is 18.2 Å². The Labute approximate surface area is 124 Å². The molecule has 0 aliphatic rings. The second-order valence-corrected chi connectivity index (χ2v) is 4.54. The van der Waals surface area contributed by atoms with E-state index in [-0.39, 0.29) is 5.82 Å². The average molecular weight is 289 g/mol. The van der Waals surface area contributed by atoms with Crippen LogP contribution in [0.3, 0.4) is 0 Å². The van der Waals surface area contributed by atoms with Crippen molar-refractivity contribution in [2.45, 2.75) is 19.9 Å². The van der Waals surface area contributed by atoms with E-state index in [1.807, 2.05) is 25.1 Å². The molecule has 0 saturated heterocycles. The van der Waals surface area contributed by atoms with E-state index in [2.05, 4.69) is 15.6 Å². The van der Waals surface area contributed by atoms with E-state index in [1.54, 1.807) is 18.4 Å². The Balaban J connectivity index is 1.88. The zero-order valence-electron chi connectivity index (χ0n) is 12.1. The van der Waals surface area contributed by atoms with Gasteiger partial charge in [0.1, 0.15) is 11.6 Å². The summed E-state index contributed by atoms with van der Waals surface area (Å²) in [6.45, 7) is 3.76. The van der Waals surface area contributed by atoms with Crippen molar-refractivity contribution in [3.05, 3.63) is 59.8 Å². The maximum atomic E-state index is 13.5. The van der Waals surface area contributed by atoms with Crippen LogP contribution in [0.2, 0.25) is 0 Å². The van der Waals surface area contributed by atoms with Gasteiger partial charge in [-0.25, -0.2) is 9.38 Å². The highest BCUT2D eigenvalue weighted by molar-refractivity contribution is 5.79. The summed E-state index contributed by atoms with van der Waals surface area (Å²) in [4.78, 5) is 4.39. The van der Waals surface area contributed by atoms with Crippen molar-refractivity contribution >= 4 is 5.96 Å². The largest absolute Gasteiger partial charge is 0.469 e. The quantitative estimate of drug-likeness (QED) is 0.635. The molecule has 2 aromatic rings. The Morgan fingerprint density at radius 2 is 2.05 bits per heavy atom. The number of halogens is 1. The van der Waals surface area contributed by atoms with Crippen LogP contribution in [0, 0.1) is 5.82 Å². The zero-order valence-corrected chi connectivity index (χ0v) is 12.1. The number of guanidine groups is 1. The predicted molar refractivity (Wildman–Crippen MR) is 81.6 cm³/mol. The van der Waals surface area contributed by atoms with E-state index >= 15 is 0 Å². The first kappa shape index (κ1) is 15.1. The van der Waals surface area contributed by atoms with Gasteiger partial charge < -0.3 is 15.1 Å². The van der Waals surface area contributed by atoms with Crippen LogP contribution in [0.1, 0.15) is 18.2 Å². The molecule has 5 heteroatoms. The summed E-state index contributed by atoms with van der Waals surface area (Å²) in [5.41, 5.74) is 0.584. The van der Waals surface area contributed by atoms with Gasteiger partial charge in [0.2, 0.25) is 0 Å². The summed E-state index contributed by atoms with van der Waals surface area (Å²) < 4.78 is 18.8. The normalized spacial score (nSPS) is 11.4. The molecule has 21 heavy (non-hydrogen) atoms. The van der Waals surface area contributed by atoms with Gasteiger partial charge in [0.25, 0.3) is 0 Å². The van der Waals surface area contributed by atoms with Gasteiger partial charge in [-0.2, -0.15) is 0 Å². The van der Waals surface area contributed by atoms with Crippen LogP contribution in [0.4, 0.5) is 4.39 Å². The van der Waals surface area contributed by atoms with Crippen molar-refractivity contribution in [1.82, 2.24) is 10.6 Å². The Hall–Kier alpha value is -2.30. The highest BCUT2D eigenvalue weighted by Gasteiger charge is 2.02. The zero-order chi connectivity index (χ0) is 14.9. The Morgan fingerprint density at radius 3 is 2.76 bits per heavy atom. The molecule has 0 aliphatic carbocycles. The van der Waals surface area contributed by atoms with E-state index in [0.717, 1.165) is 18.7 Å². The molecule has 0 spiro atoms. The summed E-state index contributed by atoms with van der Waals surface area (Å²) in [6, 6.07) is 10.5. The Kier molecular flexibility index (Phi) is 5.82. The van der Waals surface area contributed by atoms with E-state index in [1.165, 1.54) is 6.07 Å². The van der Waals surface area contributed by atoms with Gasteiger partial charge in [0.05, 0.1) is 12.8 Å². The number of nitrogens with one attached hydrogen (secondary N) is 2. The number of hydrogen-bond donors (Lipinski definition) is 2. The van der Waals surface area contributed by atoms with E-state index in [4.69, 9.17) is 4.42 Å². The summed E-state index contributed by atoms with van der Waals surface area (Å²) in [5, 5.41) is 6.34. The molecule has 1 aromatic carbocycles. The number of benzene rings is 1. The molecular weight excluding hydrogens is 269 g/mol. The molecule has 0 bridgehead atoms. The lowest BCUT2D eigenvalue weighted by atomic mass is 10.2. The maximum Gasteiger partial charge on any atom is 0.191 e. The molecule has 0 fully saturated rings.